The number of nitrogens with zero attached hydrogens (tertiary/aromatic N) is 5. The zero-order valence-electron chi connectivity index (χ0n) is 19.1. The summed E-state index contributed by atoms with van der Waals surface area (Å²) in [7, 11) is 1.93. The van der Waals surface area contributed by atoms with Crippen molar-refractivity contribution in [1.29, 1.82) is 0 Å². The summed E-state index contributed by atoms with van der Waals surface area (Å²) in [5.74, 6) is 1.41. The molecule has 2 N–H and O–H groups in total. The highest BCUT2D eigenvalue weighted by Crippen LogP contribution is 2.18. The van der Waals surface area contributed by atoms with E-state index in [1.54, 1.807) is 0 Å². The molecule has 1 aromatic carbocycles. The highest BCUT2D eigenvalue weighted by Gasteiger charge is 2.23. The van der Waals surface area contributed by atoms with Gasteiger partial charge in [0.1, 0.15) is 24.0 Å². The molecule has 0 bridgehead atoms. The molecular formula is C22H34F2IN7. The van der Waals surface area contributed by atoms with Crippen LogP contribution in [0, 0.1) is 18.6 Å². The van der Waals surface area contributed by atoms with Crippen LogP contribution in [0.1, 0.15) is 49.8 Å². The summed E-state index contributed by atoms with van der Waals surface area (Å²) in [4.78, 5) is 6.80. The molecule has 0 radical (unpaired) electrons. The number of rotatable bonds is 8. The van der Waals surface area contributed by atoms with Gasteiger partial charge in [-0.3, -0.25) is 4.90 Å². The Morgan fingerprint density at radius 2 is 2.00 bits per heavy atom. The third-order valence-corrected chi connectivity index (χ3v) is 5.67. The molecule has 1 saturated heterocycles. The summed E-state index contributed by atoms with van der Waals surface area (Å²) in [6, 6.07) is 4.18. The molecule has 0 spiro atoms. The molecule has 7 nitrogen and oxygen atoms in total. The molecule has 2 heterocycles. The van der Waals surface area contributed by atoms with Gasteiger partial charge < -0.3 is 15.2 Å². The summed E-state index contributed by atoms with van der Waals surface area (Å²) >= 11 is 0. The van der Waals surface area contributed by atoms with Crippen LogP contribution in [0.2, 0.25) is 0 Å². The Hall–Kier alpha value is -1.82. The third-order valence-electron chi connectivity index (χ3n) is 5.67. The van der Waals surface area contributed by atoms with Gasteiger partial charge in [0.2, 0.25) is 0 Å². The molecule has 1 unspecified atom stereocenters. The number of nitrogens with one attached hydrogen (secondary N) is 2. The van der Waals surface area contributed by atoms with Crippen LogP contribution in [0.4, 0.5) is 8.78 Å². The Bertz CT molecular complexity index is 867. The van der Waals surface area contributed by atoms with Crippen molar-refractivity contribution in [2.45, 2.75) is 58.7 Å². The lowest BCUT2D eigenvalue weighted by molar-refractivity contribution is 0.188. The molecular weight excluding hydrogens is 527 g/mol. The number of benzene rings is 1. The quantitative estimate of drug-likeness (QED) is 0.224. The zero-order valence-corrected chi connectivity index (χ0v) is 21.4. The second-order valence-electron chi connectivity index (χ2n) is 8.09. The van der Waals surface area contributed by atoms with Crippen molar-refractivity contribution in [3.05, 3.63) is 47.0 Å². The Labute approximate surface area is 206 Å². The number of aryl methyl sites for hydroxylation is 1. The van der Waals surface area contributed by atoms with E-state index in [0.717, 1.165) is 56.4 Å². The Balaban J connectivity index is 0.00000363. The van der Waals surface area contributed by atoms with Crippen molar-refractivity contribution in [3.8, 4) is 0 Å². The lowest BCUT2D eigenvalue weighted by Crippen LogP contribution is -2.51. The summed E-state index contributed by atoms with van der Waals surface area (Å²) in [5, 5.41) is 15.2. The minimum Gasteiger partial charge on any atom is -0.356 e. The van der Waals surface area contributed by atoms with Crippen LogP contribution in [-0.4, -0.2) is 51.3 Å². The van der Waals surface area contributed by atoms with Gasteiger partial charge in [-0.05, 0) is 44.9 Å². The average Bonchev–Trinajstić information content (AvgIpc) is 3.07. The second-order valence-corrected chi connectivity index (χ2v) is 8.09. The van der Waals surface area contributed by atoms with E-state index in [1.165, 1.54) is 18.2 Å². The first-order chi connectivity index (χ1) is 15.0. The third kappa shape index (κ3) is 7.36. The molecule has 1 aliphatic rings. The molecule has 0 aliphatic carbocycles. The normalized spacial score (nSPS) is 17.2. The summed E-state index contributed by atoms with van der Waals surface area (Å²) in [6.45, 7) is 7.10. The van der Waals surface area contributed by atoms with Crippen LogP contribution < -0.4 is 10.6 Å². The maximum Gasteiger partial charge on any atom is 0.191 e. The van der Waals surface area contributed by atoms with E-state index < -0.39 is 11.6 Å². The predicted octanol–water partition coefficient (Wildman–Crippen LogP) is 3.52. The van der Waals surface area contributed by atoms with Gasteiger partial charge in [0.05, 0.1) is 0 Å². The number of piperidine rings is 1. The van der Waals surface area contributed by atoms with Crippen molar-refractivity contribution in [1.82, 2.24) is 30.3 Å². The van der Waals surface area contributed by atoms with E-state index in [1.807, 2.05) is 18.5 Å². The van der Waals surface area contributed by atoms with E-state index in [4.69, 9.17) is 4.99 Å². The van der Waals surface area contributed by atoms with Gasteiger partial charge in [0.15, 0.2) is 11.8 Å². The molecule has 1 aromatic heterocycles. The average molecular weight is 561 g/mol. The van der Waals surface area contributed by atoms with E-state index >= 15 is 0 Å². The minimum atomic E-state index is -0.488. The molecule has 178 valence electrons. The second kappa shape index (κ2) is 13.0. The lowest BCUT2D eigenvalue weighted by Gasteiger charge is -2.34. The van der Waals surface area contributed by atoms with Crippen molar-refractivity contribution in [2.24, 2.45) is 12.0 Å². The number of likely N-dealkylation sites (tertiary alicyclic amines) is 1. The largest absolute Gasteiger partial charge is 0.356 e. The molecule has 0 amide bonds. The predicted molar refractivity (Wildman–Crippen MR) is 133 cm³/mol. The van der Waals surface area contributed by atoms with Gasteiger partial charge in [-0.1, -0.05) is 19.4 Å². The monoisotopic (exact) mass is 561 g/mol. The van der Waals surface area contributed by atoms with Crippen molar-refractivity contribution < 1.29 is 8.78 Å². The Morgan fingerprint density at radius 1 is 1.25 bits per heavy atom. The summed E-state index contributed by atoms with van der Waals surface area (Å²) < 4.78 is 30.0. The van der Waals surface area contributed by atoms with E-state index in [2.05, 4.69) is 32.7 Å². The molecule has 32 heavy (non-hydrogen) atoms. The standard InChI is InChI=1S/C22H33F2N7.HI/c1-4-5-11-25-22(26-13-21-29-28-16(2)30(21)3)27-17-8-7-12-31(14-17)15-18-19(23)9-6-10-20(18)24;/h6,9-10,17H,4-5,7-8,11-15H2,1-3H3,(H2,25,26,27);1H. The highest BCUT2D eigenvalue weighted by atomic mass is 127. The highest BCUT2D eigenvalue weighted by molar-refractivity contribution is 14.0. The van der Waals surface area contributed by atoms with Crippen LogP contribution >= 0.6 is 24.0 Å². The molecule has 3 rings (SSSR count). The molecule has 10 heteroatoms. The van der Waals surface area contributed by atoms with Crippen LogP contribution in [0.15, 0.2) is 23.2 Å². The van der Waals surface area contributed by atoms with Gasteiger partial charge >= 0.3 is 0 Å². The van der Waals surface area contributed by atoms with Gasteiger partial charge in [-0.25, -0.2) is 13.8 Å². The van der Waals surface area contributed by atoms with Crippen LogP contribution in [0.3, 0.4) is 0 Å². The van der Waals surface area contributed by atoms with Crippen molar-refractivity contribution in [3.63, 3.8) is 0 Å². The topological polar surface area (TPSA) is 70.4 Å². The van der Waals surface area contributed by atoms with E-state index in [0.29, 0.717) is 13.1 Å². The number of unbranched alkanes of at least 4 members (excludes halogenated alkanes) is 1. The molecule has 1 aliphatic heterocycles. The summed E-state index contributed by atoms with van der Waals surface area (Å²) in [5.41, 5.74) is 0.135. The van der Waals surface area contributed by atoms with Gasteiger partial charge in [-0.15, -0.1) is 34.2 Å². The number of halogens is 3. The number of hydrogen-bond donors (Lipinski definition) is 2. The zero-order chi connectivity index (χ0) is 22.2. The molecule has 1 atom stereocenters. The first-order valence-electron chi connectivity index (χ1n) is 11.0. The molecule has 1 fully saturated rings. The van der Waals surface area contributed by atoms with Gasteiger partial charge in [0.25, 0.3) is 0 Å². The van der Waals surface area contributed by atoms with Gasteiger partial charge in [0, 0.05) is 38.3 Å². The van der Waals surface area contributed by atoms with E-state index in [9.17, 15) is 8.78 Å². The Morgan fingerprint density at radius 3 is 2.66 bits per heavy atom. The fourth-order valence-corrected chi connectivity index (χ4v) is 3.69. The van der Waals surface area contributed by atoms with Crippen LogP contribution in [0.5, 0.6) is 0 Å². The maximum atomic E-state index is 14.1. The SMILES string of the molecule is CCCCNC(=NCc1nnc(C)n1C)NC1CCCN(Cc2c(F)cccc2F)C1.I. The lowest BCUT2D eigenvalue weighted by atomic mass is 10.0. The molecule has 0 saturated carbocycles. The van der Waals surface area contributed by atoms with Gasteiger partial charge in [-0.2, -0.15) is 0 Å². The van der Waals surface area contributed by atoms with Crippen LogP contribution in [-0.2, 0) is 20.1 Å². The maximum absolute atomic E-state index is 14.1. The number of aromatic nitrogens is 3. The smallest absolute Gasteiger partial charge is 0.191 e. The van der Waals surface area contributed by atoms with E-state index in [-0.39, 0.29) is 42.1 Å². The fraction of sp³-hybridized carbons (Fsp3) is 0.591. The van der Waals surface area contributed by atoms with Crippen LogP contribution in [0.25, 0.3) is 0 Å². The summed E-state index contributed by atoms with van der Waals surface area (Å²) in [6.07, 6.45) is 4.08. The number of aliphatic imine (C=N–C) groups is 1. The van der Waals surface area contributed by atoms with Crippen molar-refractivity contribution >= 4 is 29.9 Å². The first-order valence-corrected chi connectivity index (χ1v) is 11.0. The van der Waals surface area contributed by atoms with Crippen molar-refractivity contribution in [2.75, 3.05) is 19.6 Å². The number of guanidine groups is 1. The fourth-order valence-electron chi connectivity index (χ4n) is 3.69. The first kappa shape index (κ1) is 26.4. The number of hydrogen-bond acceptors (Lipinski definition) is 4. The minimum absolute atomic E-state index is 0. The molecule has 2 aromatic rings. The Kier molecular flexibility index (Phi) is 10.8.